The first-order chi connectivity index (χ1) is 24.1. The standard InChI is InChI=1S/C24H38O2S.C18H28O3S/c1-3-5-7-9-11-13-18-25-21-16-15-17-23-24(21)22(20-27-23)26-19-14-12-10-8-6-4-2;1-3-4-5-6-7-8-11-22(19)15(2)12-16-9-10-17-18(13-16)21-14-20-17/h15-17,20H,3-14,18-19H2,1-2H3;9-10,13,15H,3-8,11-12,14H2,1-2H3. The molecular weight excluding hydrogens is 649 g/mol. The zero-order valence-electron chi connectivity index (χ0n) is 31.2. The molecule has 0 amide bonds. The molecule has 1 aromatic heterocycles. The highest BCUT2D eigenvalue weighted by Gasteiger charge is 2.20. The zero-order chi connectivity index (χ0) is 34.9. The Balaban J connectivity index is 0.000000271. The van der Waals surface area contributed by atoms with E-state index < -0.39 is 11.2 Å². The van der Waals surface area contributed by atoms with E-state index in [1.165, 1.54) is 112 Å². The molecule has 2 heterocycles. The van der Waals surface area contributed by atoms with Crippen molar-refractivity contribution in [2.75, 3.05) is 25.8 Å². The van der Waals surface area contributed by atoms with Crippen LogP contribution in [0.5, 0.6) is 23.0 Å². The Morgan fingerprint density at radius 2 is 1.27 bits per heavy atom. The number of hydrogen-bond acceptors (Lipinski definition) is 6. The van der Waals surface area contributed by atoms with Gasteiger partial charge >= 0.3 is 0 Å². The van der Waals surface area contributed by atoms with E-state index in [9.17, 15) is 4.55 Å². The van der Waals surface area contributed by atoms with Crippen molar-refractivity contribution in [1.29, 1.82) is 0 Å². The van der Waals surface area contributed by atoms with Crippen molar-refractivity contribution in [1.82, 2.24) is 0 Å². The van der Waals surface area contributed by atoms with Gasteiger partial charge in [0.15, 0.2) is 11.5 Å². The molecule has 0 aliphatic carbocycles. The van der Waals surface area contributed by atoms with Gasteiger partial charge in [-0.3, -0.25) is 0 Å². The molecular formula is C42H66O5S2. The summed E-state index contributed by atoms with van der Waals surface area (Å²) in [7, 11) is 0. The van der Waals surface area contributed by atoms with Crippen LogP contribution in [-0.2, 0) is 17.6 Å². The molecule has 0 N–H and O–H groups in total. The van der Waals surface area contributed by atoms with Crippen LogP contribution in [0.15, 0.2) is 41.8 Å². The van der Waals surface area contributed by atoms with Crippen molar-refractivity contribution < 1.29 is 23.5 Å². The molecule has 4 rings (SSSR count). The molecule has 1 aliphatic rings. The number of hydrogen-bond donors (Lipinski definition) is 0. The lowest BCUT2D eigenvalue weighted by Gasteiger charge is -2.18. The number of thiophene rings is 1. The lowest BCUT2D eigenvalue weighted by atomic mass is 10.1. The van der Waals surface area contributed by atoms with Gasteiger partial charge in [-0.15, -0.1) is 11.3 Å². The fraction of sp³-hybridized carbons (Fsp3) is 0.667. The number of benzene rings is 2. The van der Waals surface area contributed by atoms with Crippen LogP contribution in [-0.4, -0.2) is 35.6 Å². The molecule has 0 radical (unpaired) electrons. The van der Waals surface area contributed by atoms with Gasteiger partial charge < -0.3 is 23.5 Å². The minimum absolute atomic E-state index is 0.191. The van der Waals surface area contributed by atoms with E-state index in [1.54, 1.807) is 11.3 Å². The molecule has 0 saturated heterocycles. The molecule has 7 heteroatoms. The van der Waals surface area contributed by atoms with Gasteiger partial charge in [-0.2, -0.15) is 0 Å². The van der Waals surface area contributed by atoms with Gasteiger partial charge in [-0.05, 0) is 62.4 Å². The van der Waals surface area contributed by atoms with Crippen molar-refractivity contribution in [2.45, 2.75) is 155 Å². The summed E-state index contributed by atoms with van der Waals surface area (Å²) >= 11 is 1.01. The molecule has 1 aliphatic heterocycles. The van der Waals surface area contributed by atoms with Crippen molar-refractivity contribution in [3.8, 4) is 23.0 Å². The molecule has 3 aromatic rings. The first-order valence-corrected chi connectivity index (χ1v) is 21.8. The molecule has 2 atom stereocenters. The smallest absolute Gasteiger partial charge is 0.231 e. The number of ether oxygens (including phenoxy) is 4. The maximum Gasteiger partial charge on any atom is 0.231 e. The second-order valence-electron chi connectivity index (χ2n) is 13.5. The Morgan fingerprint density at radius 3 is 1.92 bits per heavy atom. The maximum absolute atomic E-state index is 12.3. The third-order valence-corrected chi connectivity index (χ3v) is 11.8. The zero-order valence-corrected chi connectivity index (χ0v) is 32.9. The first kappa shape index (κ1) is 41.3. The van der Waals surface area contributed by atoms with Crippen LogP contribution >= 0.6 is 11.3 Å². The van der Waals surface area contributed by atoms with E-state index in [0.717, 1.165) is 67.6 Å². The van der Waals surface area contributed by atoms with Crippen LogP contribution in [0.3, 0.4) is 0 Å². The third kappa shape index (κ3) is 16.2. The molecule has 2 aromatic carbocycles. The second-order valence-corrected chi connectivity index (χ2v) is 16.4. The van der Waals surface area contributed by atoms with Crippen LogP contribution in [0.4, 0.5) is 0 Å². The number of unbranched alkanes of at least 4 members (excludes halogenated alkanes) is 15. The van der Waals surface area contributed by atoms with Gasteiger partial charge in [0.2, 0.25) is 6.79 Å². The molecule has 2 unspecified atom stereocenters. The average molecular weight is 715 g/mol. The van der Waals surface area contributed by atoms with Crippen molar-refractivity contribution in [3.63, 3.8) is 0 Å². The van der Waals surface area contributed by atoms with E-state index >= 15 is 0 Å². The van der Waals surface area contributed by atoms with Gasteiger partial charge in [0.25, 0.3) is 0 Å². The summed E-state index contributed by atoms with van der Waals surface area (Å²) in [5.74, 6) is 4.44. The van der Waals surface area contributed by atoms with Crippen LogP contribution < -0.4 is 18.9 Å². The van der Waals surface area contributed by atoms with Gasteiger partial charge in [-0.1, -0.05) is 134 Å². The Hall–Kier alpha value is -2.09. The third-order valence-electron chi connectivity index (χ3n) is 9.15. The molecule has 0 spiro atoms. The summed E-state index contributed by atoms with van der Waals surface area (Å²) in [4.78, 5) is 0. The van der Waals surface area contributed by atoms with E-state index in [0.29, 0.717) is 6.79 Å². The highest BCUT2D eigenvalue weighted by molar-refractivity contribution is 7.92. The Kier molecular flexibility index (Phi) is 21.8. The summed E-state index contributed by atoms with van der Waals surface area (Å²) in [6.45, 7) is 10.7. The van der Waals surface area contributed by atoms with Gasteiger partial charge in [0.1, 0.15) is 22.5 Å². The van der Waals surface area contributed by atoms with E-state index in [1.807, 2.05) is 18.2 Å². The van der Waals surface area contributed by atoms with Crippen LogP contribution in [0.2, 0.25) is 0 Å². The van der Waals surface area contributed by atoms with Crippen LogP contribution in [0.1, 0.15) is 149 Å². The summed E-state index contributed by atoms with van der Waals surface area (Å²) in [6, 6.07) is 12.3. The van der Waals surface area contributed by atoms with Crippen molar-refractivity contribution in [3.05, 3.63) is 47.3 Å². The average Bonchev–Trinajstić information content (AvgIpc) is 3.76. The summed E-state index contributed by atoms with van der Waals surface area (Å²) in [6.07, 6.45) is 23.8. The molecule has 0 saturated carbocycles. The second kappa shape index (κ2) is 25.8. The molecule has 0 bridgehead atoms. The topological polar surface area (TPSA) is 60.0 Å². The predicted molar refractivity (Wildman–Crippen MR) is 212 cm³/mol. The highest BCUT2D eigenvalue weighted by atomic mass is 32.2. The quantitative estimate of drug-likeness (QED) is 0.0612. The minimum Gasteiger partial charge on any atom is -0.616 e. The Morgan fingerprint density at radius 1 is 0.694 bits per heavy atom. The summed E-state index contributed by atoms with van der Waals surface area (Å²) in [5.41, 5.74) is 1.17. The lowest BCUT2D eigenvalue weighted by Crippen LogP contribution is -2.23. The highest BCUT2D eigenvalue weighted by Crippen LogP contribution is 2.39. The first-order valence-electron chi connectivity index (χ1n) is 19.6. The lowest BCUT2D eigenvalue weighted by molar-refractivity contribution is 0.174. The molecule has 49 heavy (non-hydrogen) atoms. The normalized spacial score (nSPS) is 13.2. The molecule has 276 valence electrons. The summed E-state index contributed by atoms with van der Waals surface area (Å²) < 4.78 is 36.5. The minimum atomic E-state index is -0.743. The summed E-state index contributed by atoms with van der Waals surface area (Å²) in [5, 5.41) is 3.50. The van der Waals surface area contributed by atoms with Gasteiger partial charge in [0.05, 0.1) is 18.6 Å². The SMILES string of the molecule is CCCCCCCCOc1cccc2scc(OCCCCCCCC)c12.CCCCCCCC[S+]([O-])C(C)Cc1ccc2c(c1)OCO2. The van der Waals surface area contributed by atoms with E-state index in [2.05, 4.69) is 51.3 Å². The van der Waals surface area contributed by atoms with E-state index in [-0.39, 0.29) is 5.25 Å². The molecule has 5 nitrogen and oxygen atoms in total. The number of fused-ring (bicyclic) bond motifs is 2. The maximum atomic E-state index is 12.3. The Labute approximate surface area is 306 Å². The fourth-order valence-corrected chi connectivity index (χ4v) is 8.27. The Bertz CT molecular complexity index is 1260. The van der Waals surface area contributed by atoms with Crippen LogP contribution in [0.25, 0.3) is 10.1 Å². The van der Waals surface area contributed by atoms with Gasteiger partial charge in [0, 0.05) is 16.5 Å². The van der Waals surface area contributed by atoms with Crippen molar-refractivity contribution in [2.24, 2.45) is 0 Å². The fourth-order valence-electron chi connectivity index (χ4n) is 6.10. The molecule has 0 fully saturated rings. The van der Waals surface area contributed by atoms with E-state index in [4.69, 9.17) is 18.9 Å². The predicted octanol–water partition coefficient (Wildman–Crippen LogP) is 12.8. The van der Waals surface area contributed by atoms with Crippen LogP contribution in [0, 0.1) is 0 Å². The van der Waals surface area contributed by atoms with Crippen molar-refractivity contribution >= 4 is 32.6 Å². The monoisotopic (exact) mass is 714 g/mol. The van der Waals surface area contributed by atoms with Gasteiger partial charge in [-0.25, -0.2) is 0 Å². The number of rotatable bonds is 26. The largest absolute Gasteiger partial charge is 0.616 e.